The van der Waals surface area contributed by atoms with E-state index in [0.29, 0.717) is 16.7 Å². The Bertz CT molecular complexity index is 1210. The van der Waals surface area contributed by atoms with Crippen LogP contribution in [-0.2, 0) is 9.53 Å². The molecule has 0 N–H and O–H groups in total. The molecule has 0 saturated carbocycles. The molecule has 4 heteroatoms. The zero-order chi connectivity index (χ0) is 32.2. The number of esters is 1. The average molecular weight is 703 g/mol. The fourth-order valence-corrected chi connectivity index (χ4v) is 6.37. The number of alkyl halides is 1. The Labute approximate surface area is 274 Å². The lowest BCUT2D eigenvalue weighted by molar-refractivity contribution is -0.156. The van der Waals surface area contributed by atoms with Crippen LogP contribution in [0.15, 0.2) is 71.8 Å². The number of hydrogen-bond donors (Lipinski definition) is 0. The Kier molecular flexibility index (Phi) is 16.4. The van der Waals surface area contributed by atoms with Crippen molar-refractivity contribution in [2.45, 2.75) is 111 Å². The van der Waals surface area contributed by atoms with Gasteiger partial charge in [-0.3, -0.25) is 0 Å². The SMILES string of the molecule is C=CC(=O)OC1(C)CC(C(C)C(C)C)c2c(-c3ccc(Br)cc3)ccc(C3=CCC(Br)C=C3)c2C1C.CC.CC.CC. The van der Waals surface area contributed by atoms with E-state index in [0.717, 1.165) is 17.3 Å². The van der Waals surface area contributed by atoms with Crippen molar-refractivity contribution in [3.8, 4) is 11.1 Å². The maximum Gasteiger partial charge on any atom is 0.330 e. The van der Waals surface area contributed by atoms with E-state index in [4.69, 9.17) is 4.74 Å². The van der Waals surface area contributed by atoms with Gasteiger partial charge in [-0.15, -0.1) is 0 Å². The van der Waals surface area contributed by atoms with Crippen molar-refractivity contribution in [2.75, 3.05) is 0 Å². The molecule has 2 aromatic rings. The van der Waals surface area contributed by atoms with Crippen LogP contribution in [-0.4, -0.2) is 16.4 Å². The number of carbonyl (C=O) groups excluding carboxylic acids is 1. The topological polar surface area (TPSA) is 26.3 Å². The van der Waals surface area contributed by atoms with E-state index < -0.39 is 5.60 Å². The maximum absolute atomic E-state index is 12.5. The third-order valence-corrected chi connectivity index (χ3v) is 9.54. The fourth-order valence-electron chi connectivity index (χ4n) is 5.76. The summed E-state index contributed by atoms with van der Waals surface area (Å²) in [6.07, 6.45) is 9.80. The van der Waals surface area contributed by atoms with E-state index in [-0.39, 0.29) is 17.8 Å². The summed E-state index contributed by atoms with van der Waals surface area (Å²) in [5.41, 5.74) is 7.07. The minimum Gasteiger partial charge on any atom is -0.456 e. The molecule has 2 aliphatic rings. The molecule has 0 saturated heterocycles. The van der Waals surface area contributed by atoms with Gasteiger partial charge in [0.15, 0.2) is 0 Å². The molecule has 42 heavy (non-hydrogen) atoms. The van der Waals surface area contributed by atoms with Crippen LogP contribution >= 0.6 is 31.9 Å². The van der Waals surface area contributed by atoms with E-state index in [1.807, 2.05) is 41.5 Å². The first-order valence-corrected chi connectivity index (χ1v) is 17.6. The van der Waals surface area contributed by atoms with E-state index in [1.54, 1.807) is 0 Å². The highest BCUT2D eigenvalue weighted by Crippen LogP contribution is 2.55. The molecule has 0 amide bonds. The fraction of sp³-hybridized carbons (Fsp3) is 0.500. The average Bonchev–Trinajstić information content (AvgIpc) is 3.02. The molecule has 0 aliphatic heterocycles. The van der Waals surface area contributed by atoms with Crippen LogP contribution in [0.25, 0.3) is 16.7 Å². The first kappa shape index (κ1) is 38.1. The lowest BCUT2D eigenvalue weighted by Gasteiger charge is -2.47. The standard InChI is InChI=1S/C32H36Br2O2.3C2H6/c1-7-29(35)36-32(6)18-28(20(4)19(2)3)31-27(23-10-14-25(34)15-11-23)17-16-26(30(31)21(32)5)22-8-12-24(33)13-9-22;3*1-2/h7-12,14-17,19-21,24,28H,1,13,18H2,2-6H3;3*1-2H3. The maximum atomic E-state index is 12.5. The second-order valence-electron chi connectivity index (χ2n) is 10.8. The summed E-state index contributed by atoms with van der Waals surface area (Å²) >= 11 is 7.31. The zero-order valence-corrected chi connectivity index (χ0v) is 31.0. The van der Waals surface area contributed by atoms with Crippen LogP contribution in [0.2, 0.25) is 0 Å². The normalized spacial score (nSPS) is 22.9. The van der Waals surface area contributed by atoms with Crippen LogP contribution in [0.3, 0.4) is 0 Å². The van der Waals surface area contributed by atoms with Gasteiger partial charge >= 0.3 is 5.97 Å². The number of carbonyl (C=O) groups is 1. The predicted molar refractivity (Wildman–Crippen MR) is 193 cm³/mol. The third-order valence-electron chi connectivity index (χ3n) is 8.33. The number of halogens is 2. The van der Waals surface area contributed by atoms with Gasteiger partial charge in [0, 0.05) is 21.3 Å². The van der Waals surface area contributed by atoms with Gasteiger partial charge in [-0.2, -0.15) is 0 Å². The molecule has 0 fully saturated rings. The summed E-state index contributed by atoms with van der Waals surface area (Å²) in [6.45, 7) is 26.9. The summed E-state index contributed by atoms with van der Waals surface area (Å²) in [7, 11) is 0. The molecule has 232 valence electrons. The van der Waals surface area contributed by atoms with Gasteiger partial charge in [-0.25, -0.2) is 4.79 Å². The van der Waals surface area contributed by atoms with Crippen molar-refractivity contribution in [3.05, 3.63) is 88.4 Å². The summed E-state index contributed by atoms with van der Waals surface area (Å²) in [4.78, 5) is 12.9. The molecule has 2 aliphatic carbocycles. The Morgan fingerprint density at radius 1 is 0.976 bits per heavy atom. The van der Waals surface area contributed by atoms with Gasteiger partial charge in [0.2, 0.25) is 0 Å². The zero-order valence-electron chi connectivity index (χ0n) is 27.9. The molecule has 0 bridgehead atoms. The lowest BCUT2D eigenvalue weighted by atomic mass is 9.61. The number of rotatable bonds is 6. The van der Waals surface area contributed by atoms with Crippen molar-refractivity contribution < 1.29 is 9.53 Å². The quantitative estimate of drug-likeness (QED) is 0.170. The number of ether oxygens (including phenoxy) is 1. The molecule has 0 spiro atoms. The van der Waals surface area contributed by atoms with Crippen LogP contribution in [0.5, 0.6) is 0 Å². The molecule has 5 atom stereocenters. The monoisotopic (exact) mass is 700 g/mol. The Balaban J connectivity index is 0.00000138. The van der Waals surface area contributed by atoms with Gasteiger partial charge in [-0.05, 0) is 83.0 Å². The van der Waals surface area contributed by atoms with Crippen molar-refractivity contribution in [2.24, 2.45) is 11.8 Å². The molecule has 4 rings (SSSR count). The van der Waals surface area contributed by atoms with Gasteiger partial charge in [0.05, 0.1) is 0 Å². The molecule has 2 aromatic carbocycles. The number of hydrogen-bond acceptors (Lipinski definition) is 2. The minimum absolute atomic E-state index is 0.0217. The van der Waals surface area contributed by atoms with Gasteiger partial charge < -0.3 is 4.74 Å². The number of fused-ring (bicyclic) bond motifs is 1. The molecule has 0 radical (unpaired) electrons. The number of allylic oxidation sites excluding steroid dienone is 4. The highest BCUT2D eigenvalue weighted by Gasteiger charge is 2.47. The van der Waals surface area contributed by atoms with Crippen molar-refractivity contribution >= 4 is 43.4 Å². The largest absolute Gasteiger partial charge is 0.456 e. The molecule has 0 heterocycles. The number of benzene rings is 2. The molecule has 2 nitrogen and oxygen atoms in total. The highest BCUT2D eigenvalue weighted by atomic mass is 79.9. The predicted octanol–water partition coefficient (Wildman–Crippen LogP) is 12.7. The lowest BCUT2D eigenvalue weighted by Crippen LogP contribution is -2.44. The van der Waals surface area contributed by atoms with Crippen molar-refractivity contribution in [1.29, 1.82) is 0 Å². The molecule has 5 unspecified atom stereocenters. The van der Waals surface area contributed by atoms with Gasteiger partial charge in [-0.1, -0.05) is 150 Å². The molecular formula is C38H54Br2O2. The summed E-state index contributed by atoms with van der Waals surface area (Å²) in [5, 5.41) is 0. The van der Waals surface area contributed by atoms with Crippen molar-refractivity contribution in [3.63, 3.8) is 0 Å². The second kappa shape index (κ2) is 18.0. The van der Waals surface area contributed by atoms with E-state index in [2.05, 4.69) is 128 Å². The smallest absolute Gasteiger partial charge is 0.330 e. The minimum atomic E-state index is -0.629. The van der Waals surface area contributed by atoms with Gasteiger partial charge in [0.1, 0.15) is 5.60 Å². The van der Waals surface area contributed by atoms with E-state index in [9.17, 15) is 4.79 Å². The van der Waals surface area contributed by atoms with E-state index in [1.165, 1.54) is 39.5 Å². The first-order valence-electron chi connectivity index (χ1n) is 15.9. The van der Waals surface area contributed by atoms with Crippen LogP contribution < -0.4 is 0 Å². The Hall–Kier alpha value is -1.91. The van der Waals surface area contributed by atoms with Gasteiger partial charge in [0.25, 0.3) is 0 Å². The summed E-state index contributed by atoms with van der Waals surface area (Å²) in [6, 6.07) is 13.2. The van der Waals surface area contributed by atoms with Crippen molar-refractivity contribution in [1.82, 2.24) is 0 Å². The molecular weight excluding hydrogens is 648 g/mol. The highest BCUT2D eigenvalue weighted by molar-refractivity contribution is 9.10. The summed E-state index contributed by atoms with van der Waals surface area (Å²) < 4.78 is 7.24. The van der Waals surface area contributed by atoms with E-state index >= 15 is 0 Å². The van der Waals surface area contributed by atoms with Crippen LogP contribution in [0.1, 0.15) is 118 Å². The second-order valence-corrected chi connectivity index (χ2v) is 12.9. The summed E-state index contributed by atoms with van der Waals surface area (Å²) in [5.74, 6) is 0.807. The third kappa shape index (κ3) is 8.82. The van der Waals surface area contributed by atoms with Crippen LogP contribution in [0.4, 0.5) is 0 Å². The van der Waals surface area contributed by atoms with Crippen LogP contribution in [0, 0.1) is 11.8 Å². The molecule has 0 aromatic heterocycles. The Morgan fingerprint density at radius 2 is 1.55 bits per heavy atom. The Morgan fingerprint density at radius 3 is 2.05 bits per heavy atom. The first-order chi connectivity index (χ1) is 20.1.